The molecule has 2 aromatic rings. The molecule has 0 radical (unpaired) electrons. The number of allylic oxidation sites excluding steroid dienone is 2. The Bertz CT molecular complexity index is 692. The lowest BCUT2D eigenvalue weighted by molar-refractivity contribution is -0.114. The van der Waals surface area contributed by atoms with Crippen molar-refractivity contribution in [2.75, 3.05) is 0 Å². The predicted octanol–water partition coefficient (Wildman–Crippen LogP) is 4.67. The minimum atomic E-state index is 0.309. The first-order valence-electron chi connectivity index (χ1n) is 6.90. The van der Waals surface area contributed by atoms with Gasteiger partial charge >= 0.3 is 0 Å². The Hall–Kier alpha value is -1.89. The number of rotatable bonds is 1. The maximum Gasteiger partial charge on any atom is 0.163 e. The fraction of sp³-hybridized carbons (Fsp3) is 0.278. The Morgan fingerprint density at radius 3 is 2.53 bits per heavy atom. The standard InChI is InChI=1S/C18H18O/c1-12-6-5-9-16(19)18(12)17-13(2)10-11-14-7-3-4-8-15(14)17/h3-4,7-8,10-11H,5-6,9H2,1-2H3. The molecule has 96 valence electrons. The Kier molecular flexibility index (Phi) is 2.98. The van der Waals surface area contributed by atoms with E-state index in [2.05, 4.69) is 44.2 Å². The molecule has 0 bridgehead atoms. The number of aryl methyl sites for hydroxylation is 1. The van der Waals surface area contributed by atoms with Gasteiger partial charge in [0.15, 0.2) is 5.78 Å². The van der Waals surface area contributed by atoms with Crippen LogP contribution in [0.1, 0.15) is 37.3 Å². The molecule has 2 aromatic carbocycles. The van der Waals surface area contributed by atoms with Gasteiger partial charge in [0.05, 0.1) is 0 Å². The molecule has 0 fully saturated rings. The molecule has 0 N–H and O–H groups in total. The Balaban J connectivity index is 2.36. The van der Waals surface area contributed by atoms with E-state index in [-0.39, 0.29) is 0 Å². The van der Waals surface area contributed by atoms with Gasteiger partial charge in [-0.2, -0.15) is 0 Å². The van der Waals surface area contributed by atoms with E-state index in [4.69, 9.17) is 0 Å². The van der Waals surface area contributed by atoms with Crippen LogP contribution in [0.3, 0.4) is 0 Å². The summed E-state index contributed by atoms with van der Waals surface area (Å²) < 4.78 is 0. The molecule has 0 heterocycles. The van der Waals surface area contributed by atoms with Crippen molar-refractivity contribution in [2.45, 2.75) is 33.1 Å². The van der Waals surface area contributed by atoms with Gasteiger partial charge in [-0.25, -0.2) is 0 Å². The first-order valence-corrected chi connectivity index (χ1v) is 6.90. The Morgan fingerprint density at radius 2 is 1.74 bits per heavy atom. The number of hydrogen-bond acceptors (Lipinski definition) is 1. The van der Waals surface area contributed by atoms with E-state index in [1.54, 1.807) is 0 Å². The number of benzene rings is 2. The molecule has 1 aliphatic carbocycles. The number of fused-ring (bicyclic) bond motifs is 1. The van der Waals surface area contributed by atoms with Gasteiger partial charge in [0.2, 0.25) is 0 Å². The van der Waals surface area contributed by atoms with Crippen molar-refractivity contribution in [2.24, 2.45) is 0 Å². The van der Waals surface area contributed by atoms with Gasteiger partial charge in [-0.05, 0) is 48.6 Å². The molecule has 0 spiro atoms. The third-order valence-electron chi connectivity index (χ3n) is 4.05. The lowest BCUT2D eigenvalue weighted by Gasteiger charge is -2.20. The zero-order chi connectivity index (χ0) is 13.4. The highest BCUT2D eigenvalue weighted by molar-refractivity contribution is 6.25. The van der Waals surface area contributed by atoms with E-state index in [0.717, 1.165) is 24.0 Å². The summed E-state index contributed by atoms with van der Waals surface area (Å²) in [7, 11) is 0. The molecule has 0 amide bonds. The van der Waals surface area contributed by atoms with E-state index in [1.165, 1.54) is 21.9 Å². The second kappa shape index (κ2) is 4.65. The second-order valence-electron chi connectivity index (χ2n) is 5.41. The van der Waals surface area contributed by atoms with E-state index >= 15 is 0 Å². The number of hydrogen-bond donors (Lipinski definition) is 0. The minimum Gasteiger partial charge on any atom is -0.294 e. The molecular formula is C18H18O. The molecular weight excluding hydrogens is 232 g/mol. The van der Waals surface area contributed by atoms with Crippen LogP contribution in [0, 0.1) is 6.92 Å². The van der Waals surface area contributed by atoms with Gasteiger partial charge in [0, 0.05) is 12.0 Å². The van der Waals surface area contributed by atoms with Crippen molar-refractivity contribution >= 4 is 22.1 Å². The van der Waals surface area contributed by atoms with Gasteiger partial charge in [-0.15, -0.1) is 0 Å². The topological polar surface area (TPSA) is 17.1 Å². The summed E-state index contributed by atoms with van der Waals surface area (Å²) in [6, 6.07) is 12.6. The number of carbonyl (C=O) groups is 1. The van der Waals surface area contributed by atoms with Gasteiger partial charge < -0.3 is 0 Å². The van der Waals surface area contributed by atoms with Crippen molar-refractivity contribution in [3.8, 4) is 0 Å². The summed E-state index contributed by atoms with van der Waals surface area (Å²) in [4.78, 5) is 12.3. The maximum atomic E-state index is 12.3. The minimum absolute atomic E-state index is 0.309. The fourth-order valence-electron chi connectivity index (χ4n) is 3.07. The van der Waals surface area contributed by atoms with Crippen molar-refractivity contribution in [3.05, 3.63) is 53.1 Å². The van der Waals surface area contributed by atoms with Crippen LogP contribution in [0.4, 0.5) is 0 Å². The van der Waals surface area contributed by atoms with Crippen LogP contribution in [-0.4, -0.2) is 5.78 Å². The first kappa shape index (κ1) is 12.2. The predicted molar refractivity (Wildman–Crippen MR) is 80.1 cm³/mol. The smallest absolute Gasteiger partial charge is 0.163 e. The first-order chi connectivity index (χ1) is 9.18. The molecule has 1 aliphatic rings. The second-order valence-corrected chi connectivity index (χ2v) is 5.41. The Labute approximate surface area is 113 Å². The normalized spacial score (nSPS) is 16.2. The molecule has 0 aliphatic heterocycles. The van der Waals surface area contributed by atoms with Crippen LogP contribution in [0.2, 0.25) is 0 Å². The summed E-state index contributed by atoms with van der Waals surface area (Å²) in [6.45, 7) is 4.21. The van der Waals surface area contributed by atoms with Crippen LogP contribution < -0.4 is 0 Å². The average molecular weight is 250 g/mol. The summed E-state index contributed by atoms with van der Waals surface area (Å²) in [5.74, 6) is 0.309. The van der Waals surface area contributed by atoms with Gasteiger partial charge in [0.25, 0.3) is 0 Å². The van der Waals surface area contributed by atoms with Crippen LogP contribution in [-0.2, 0) is 4.79 Å². The van der Waals surface area contributed by atoms with Gasteiger partial charge in [-0.3, -0.25) is 4.79 Å². The third-order valence-corrected chi connectivity index (χ3v) is 4.05. The molecule has 1 heteroatoms. The highest BCUT2D eigenvalue weighted by atomic mass is 16.1. The molecule has 0 aromatic heterocycles. The highest BCUT2D eigenvalue weighted by Gasteiger charge is 2.22. The van der Waals surface area contributed by atoms with Crippen LogP contribution in [0.25, 0.3) is 16.3 Å². The molecule has 0 saturated carbocycles. The van der Waals surface area contributed by atoms with Crippen molar-refractivity contribution in [1.29, 1.82) is 0 Å². The molecule has 0 saturated heterocycles. The van der Waals surface area contributed by atoms with Gasteiger partial charge in [0.1, 0.15) is 0 Å². The van der Waals surface area contributed by atoms with Crippen LogP contribution in [0.5, 0.6) is 0 Å². The number of Topliss-reactive ketones (excluding diaryl/α,β-unsaturated/α-hetero) is 1. The highest BCUT2D eigenvalue weighted by Crippen LogP contribution is 2.35. The zero-order valence-electron chi connectivity index (χ0n) is 11.5. The van der Waals surface area contributed by atoms with Crippen LogP contribution in [0.15, 0.2) is 42.0 Å². The maximum absolute atomic E-state index is 12.3. The number of carbonyl (C=O) groups excluding carboxylic acids is 1. The van der Waals surface area contributed by atoms with E-state index < -0.39 is 0 Å². The lowest BCUT2D eigenvalue weighted by atomic mass is 9.83. The molecule has 19 heavy (non-hydrogen) atoms. The summed E-state index contributed by atoms with van der Waals surface area (Å²) >= 11 is 0. The average Bonchev–Trinajstić information content (AvgIpc) is 2.41. The quantitative estimate of drug-likeness (QED) is 0.718. The summed E-state index contributed by atoms with van der Waals surface area (Å²) in [5, 5.41) is 2.41. The van der Waals surface area contributed by atoms with Crippen molar-refractivity contribution < 1.29 is 4.79 Å². The van der Waals surface area contributed by atoms with E-state index in [9.17, 15) is 4.79 Å². The fourth-order valence-corrected chi connectivity index (χ4v) is 3.07. The molecule has 1 nitrogen and oxygen atoms in total. The van der Waals surface area contributed by atoms with E-state index in [1.807, 2.05) is 6.07 Å². The number of ketones is 1. The van der Waals surface area contributed by atoms with Crippen molar-refractivity contribution in [1.82, 2.24) is 0 Å². The zero-order valence-corrected chi connectivity index (χ0v) is 11.5. The monoisotopic (exact) mass is 250 g/mol. The lowest BCUT2D eigenvalue weighted by Crippen LogP contribution is -2.10. The SMILES string of the molecule is CC1=C(c2c(C)ccc3ccccc23)C(=O)CCC1. The van der Waals surface area contributed by atoms with Crippen LogP contribution >= 0.6 is 0 Å². The Morgan fingerprint density at radius 1 is 0.947 bits per heavy atom. The van der Waals surface area contributed by atoms with Gasteiger partial charge in [-0.1, -0.05) is 42.0 Å². The largest absolute Gasteiger partial charge is 0.294 e. The summed E-state index contributed by atoms with van der Waals surface area (Å²) in [6.07, 6.45) is 2.73. The summed E-state index contributed by atoms with van der Waals surface area (Å²) in [5.41, 5.74) is 4.57. The molecule has 0 atom stereocenters. The van der Waals surface area contributed by atoms with E-state index in [0.29, 0.717) is 12.2 Å². The molecule has 3 rings (SSSR count). The van der Waals surface area contributed by atoms with Crippen molar-refractivity contribution in [3.63, 3.8) is 0 Å². The third kappa shape index (κ3) is 1.99. The molecule has 0 unspecified atom stereocenters.